The molecule has 0 aliphatic heterocycles. The number of carbonyl (C=O) groups is 1. The van der Waals surface area contributed by atoms with Crippen LogP contribution >= 0.6 is 0 Å². The van der Waals surface area contributed by atoms with Crippen molar-refractivity contribution in [1.29, 1.82) is 0 Å². The molecule has 0 unspecified atom stereocenters. The summed E-state index contributed by atoms with van der Waals surface area (Å²) in [6, 6.07) is 0. The molecule has 0 atom stereocenters. The van der Waals surface area contributed by atoms with Crippen LogP contribution in [0.1, 0.15) is 41.0 Å². The van der Waals surface area contributed by atoms with Gasteiger partial charge in [-0.15, -0.1) is 0 Å². The first-order valence-electron chi connectivity index (χ1n) is 3.59. The van der Waals surface area contributed by atoms with Gasteiger partial charge in [-0.05, 0) is 20.8 Å². The molecule has 1 N–H and O–H groups in total. The van der Waals surface area contributed by atoms with Gasteiger partial charge in [0, 0.05) is 0 Å². The van der Waals surface area contributed by atoms with E-state index in [1.165, 1.54) is 6.42 Å². The molecule has 2 nitrogen and oxygen atoms in total. The lowest BCUT2D eigenvalue weighted by Crippen LogP contribution is -2.18. The zero-order chi connectivity index (χ0) is 8.78. The Labute approximate surface area is 63.3 Å². The third kappa shape index (κ3) is 10.5. The molecule has 0 saturated carbocycles. The van der Waals surface area contributed by atoms with Gasteiger partial charge in [0.25, 0.3) is 0 Å². The Morgan fingerprint density at radius 2 is 1.40 bits per heavy atom. The summed E-state index contributed by atoms with van der Waals surface area (Å²) < 4.78 is 0. The van der Waals surface area contributed by atoms with Gasteiger partial charge in [-0.25, -0.2) is 0 Å². The Kier molecular flexibility index (Phi) is 6.42. The van der Waals surface area contributed by atoms with Crippen molar-refractivity contribution in [2.75, 3.05) is 0 Å². The van der Waals surface area contributed by atoms with Crippen LogP contribution in [0.2, 0.25) is 0 Å². The van der Waals surface area contributed by atoms with Crippen molar-refractivity contribution in [3.63, 3.8) is 0 Å². The summed E-state index contributed by atoms with van der Waals surface area (Å²) in [5.41, 5.74) is -0.583. The third-order valence-corrected chi connectivity index (χ3v) is 0.642. The number of rotatable bonds is 0. The number of aliphatic carboxylic acids is 1. The van der Waals surface area contributed by atoms with E-state index in [1.54, 1.807) is 20.8 Å². The molecule has 10 heavy (non-hydrogen) atoms. The van der Waals surface area contributed by atoms with Crippen molar-refractivity contribution < 1.29 is 9.90 Å². The van der Waals surface area contributed by atoms with Crippen molar-refractivity contribution >= 4 is 5.97 Å². The molecule has 0 fully saturated rings. The van der Waals surface area contributed by atoms with Gasteiger partial charge in [0.1, 0.15) is 0 Å². The summed E-state index contributed by atoms with van der Waals surface area (Å²) in [7, 11) is 0. The van der Waals surface area contributed by atoms with Crippen LogP contribution in [-0.4, -0.2) is 11.1 Å². The molecule has 0 amide bonds. The van der Waals surface area contributed by atoms with Gasteiger partial charge in [0.05, 0.1) is 5.41 Å². The van der Waals surface area contributed by atoms with E-state index in [4.69, 9.17) is 5.11 Å². The first kappa shape index (κ1) is 12.2. The van der Waals surface area contributed by atoms with Crippen molar-refractivity contribution in [3.05, 3.63) is 0 Å². The Balaban J connectivity index is 0. The van der Waals surface area contributed by atoms with Gasteiger partial charge in [-0.1, -0.05) is 20.3 Å². The maximum absolute atomic E-state index is 10.0. The van der Waals surface area contributed by atoms with Crippen LogP contribution in [0.3, 0.4) is 0 Å². The summed E-state index contributed by atoms with van der Waals surface area (Å²) in [4.78, 5) is 10.0. The molecule has 2 heteroatoms. The lowest BCUT2D eigenvalue weighted by molar-refractivity contribution is -0.145. The molecular formula is C8H18O2. The van der Waals surface area contributed by atoms with Gasteiger partial charge in [-0.2, -0.15) is 0 Å². The van der Waals surface area contributed by atoms with Crippen molar-refractivity contribution in [3.8, 4) is 0 Å². The number of hydrogen-bond donors (Lipinski definition) is 1. The van der Waals surface area contributed by atoms with Crippen LogP contribution in [0, 0.1) is 5.41 Å². The highest BCUT2D eigenvalue weighted by molar-refractivity contribution is 5.72. The summed E-state index contributed by atoms with van der Waals surface area (Å²) in [5.74, 6) is -0.757. The minimum Gasteiger partial charge on any atom is -0.481 e. The average Bonchev–Trinajstić information content (AvgIpc) is 1.64. The van der Waals surface area contributed by atoms with Gasteiger partial charge < -0.3 is 5.11 Å². The fourth-order valence-electron chi connectivity index (χ4n) is 0. The second kappa shape index (κ2) is 5.27. The zero-order valence-electron chi connectivity index (χ0n) is 7.56. The van der Waals surface area contributed by atoms with Crippen molar-refractivity contribution in [1.82, 2.24) is 0 Å². The summed E-state index contributed by atoms with van der Waals surface area (Å²) >= 11 is 0. The summed E-state index contributed by atoms with van der Waals surface area (Å²) in [6.45, 7) is 9.24. The monoisotopic (exact) mass is 146 g/mol. The van der Waals surface area contributed by atoms with E-state index < -0.39 is 11.4 Å². The van der Waals surface area contributed by atoms with Crippen LogP contribution in [0.15, 0.2) is 0 Å². The second-order valence-electron chi connectivity index (χ2n) is 3.26. The molecule has 0 aliphatic carbocycles. The highest BCUT2D eigenvalue weighted by Gasteiger charge is 2.18. The smallest absolute Gasteiger partial charge is 0.308 e. The Morgan fingerprint density at radius 3 is 1.40 bits per heavy atom. The summed E-state index contributed by atoms with van der Waals surface area (Å²) in [6.07, 6.45) is 1.25. The standard InChI is InChI=1S/C5H10O2.C3H8/c1-5(2,3)4(6)7;1-3-2/h1-3H3,(H,6,7);3H2,1-2H3. The molecule has 0 spiro atoms. The topological polar surface area (TPSA) is 37.3 Å². The molecule has 0 radical (unpaired) electrons. The predicted octanol–water partition coefficient (Wildman–Crippen LogP) is 2.53. The number of carboxylic acids is 1. The van der Waals surface area contributed by atoms with E-state index in [1.807, 2.05) is 0 Å². The van der Waals surface area contributed by atoms with E-state index in [2.05, 4.69) is 13.8 Å². The van der Waals surface area contributed by atoms with Gasteiger partial charge in [0.15, 0.2) is 0 Å². The van der Waals surface area contributed by atoms with Crippen LogP contribution in [0.4, 0.5) is 0 Å². The molecule has 0 saturated heterocycles. The SMILES string of the molecule is CC(C)(C)C(=O)O.CCC. The van der Waals surface area contributed by atoms with Crippen molar-refractivity contribution in [2.45, 2.75) is 41.0 Å². The van der Waals surface area contributed by atoms with E-state index in [0.29, 0.717) is 0 Å². The molecule has 0 aromatic heterocycles. The fourth-order valence-corrected chi connectivity index (χ4v) is 0. The van der Waals surface area contributed by atoms with E-state index in [0.717, 1.165) is 0 Å². The molecule has 0 bridgehead atoms. The van der Waals surface area contributed by atoms with Crippen LogP contribution in [0.25, 0.3) is 0 Å². The highest BCUT2D eigenvalue weighted by atomic mass is 16.4. The quantitative estimate of drug-likeness (QED) is 0.570. The molecule has 0 aromatic rings. The third-order valence-electron chi connectivity index (χ3n) is 0.642. The Hall–Kier alpha value is -0.530. The molecule has 0 aromatic carbocycles. The van der Waals surface area contributed by atoms with Crippen molar-refractivity contribution in [2.24, 2.45) is 5.41 Å². The average molecular weight is 146 g/mol. The Morgan fingerprint density at radius 1 is 1.30 bits per heavy atom. The molecule has 0 heterocycles. The van der Waals surface area contributed by atoms with Crippen LogP contribution < -0.4 is 0 Å². The van der Waals surface area contributed by atoms with E-state index in [-0.39, 0.29) is 0 Å². The molecule has 0 aliphatic rings. The lowest BCUT2D eigenvalue weighted by Gasteiger charge is -2.08. The normalized spacial score (nSPS) is 9.70. The van der Waals surface area contributed by atoms with Gasteiger partial charge in [-0.3, -0.25) is 4.79 Å². The maximum atomic E-state index is 10.0. The van der Waals surface area contributed by atoms with Crippen LogP contribution in [-0.2, 0) is 4.79 Å². The van der Waals surface area contributed by atoms with Gasteiger partial charge >= 0.3 is 5.97 Å². The minimum atomic E-state index is -0.757. The zero-order valence-corrected chi connectivity index (χ0v) is 7.56. The maximum Gasteiger partial charge on any atom is 0.308 e. The number of hydrogen-bond acceptors (Lipinski definition) is 1. The molecule has 62 valence electrons. The first-order chi connectivity index (χ1) is 4.36. The highest BCUT2D eigenvalue weighted by Crippen LogP contribution is 2.11. The number of carboxylic acid groups (broad SMARTS) is 1. The first-order valence-corrected chi connectivity index (χ1v) is 3.59. The predicted molar refractivity (Wildman–Crippen MR) is 43.1 cm³/mol. The molecular weight excluding hydrogens is 128 g/mol. The molecule has 0 rings (SSSR count). The largest absolute Gasteiger partial charge is 0.481 e. The van der Waals surface area contributed by atoms with Gasteiger partial charge in [0.2, 0.25) is 0 Å². The van der Waals surface area contributed by atoms with E-state index >= 15 is 0 Å². The minimum absolute atomic E-state index is 0.583. The summed E-state index contributed by atoms with van der Waals surface area (Å²) in [5, 5.41) is 8.25. The second-order valence-corrected chi connectivity index (χ2v) is 3.26. The lowest BCUT2D eigenvalue weighted by atomic mass is 9.98. The van der Waals surface area contributed by atoms with Crippen LogP contribution in [0.5, 0.6) is 0 Å². The Bertz CT molecular complexity index is 89.9. The fraction of sp³-hybridized carbons (Fsp3) is 0.875. The van der Waals surface area contributed by atoms with E-state index in [9.17, 15) is 4.79 Å².